The molecule has 0 saturated heterocycles. The molecule has 0 unspecified atom stereocenters. The molecule has 74 valence electrons. The maximum Gasteiger partial charge on any atom is 0.0355 e. The molecule has 1 rings (SSSR count). The van der Waals surface area contributed by atoms with Crippen LogP contribution in [-0.4, -0.2) is 5.71 Å². The predicted molar refractivity (Wildman–Crippen MR) is 64.1 cm³/mol. The molecule has 0 fully saturated rings. The Morgan fingerprint density at radius 3 is 1.86 bits per heavy atom. The highest BCUT2D eigenvalue weighted by molar-refractivity contribution is 5.96. The third kappa shape index (κ3) is 5.09. The van der Waals surface area contributed by atoms with Gasteiger partial charge in [-0.15, -0.1) is 0 Å². The number of hydrogen-bond donors (Lipinski definition) is 1. The van der Waals surface area contributed by atoms with Gasteiger partial charge in [0, 0.05) is 5.71 Å². The Balaban J connectivity index is 0.000000364. The van der Waals surface area contributed by atoms with Crippen molar-refractivity contribution in [3.8, 4) is 0 Å². The summed E-state index contributed by atoms with van der Waals surface area (Å²) in [6.07, 6.45) is 3.28. The lowest BCUT2D eigenvalue weighted by Crippen LogP contribution is -1.90. The van der Waals surface area contributed by atoms with Gasteiger partial charge in [0.1, 0.15) is 0 Å². The van der Waals surface area contributed by atoms with E-state index in [1.165, 1.54) is 5.56 Å². The zero-order valence-corrected chi connectivity index (χ0v) is 8.88. The molecule has 1 aromatic rings. The van der Waals surface area contributed by atoms with Crippen LogP contribution < -0.4 is 0 Å². The Morgan fingerprint density at radius 1 is 1.14 bits per heavy atom. The van der Waals surface area contributed by atoms with E-state index in [-0.39, 0.29) is 0 Å². The summed E-state index contributed by atoms with van der Waals surface area (Å²) in [4.78, 5) is 0. The van der Waals surface area contributed by atoms with Gasteiger partial charge in [0.2, 0.25) is 0 Å². The van der Waals surface area contributed by atoms with Crippen molar-refractivity contribution >= 4 is 5.71 Å². The van der Waals surface area contributed by atoms with Gasteiger partial charge in [-0.25, -0.2) is 0 Å². The van der Waals surface area contributed by atoms with Gasteiger partial charge in [-0.1, -0.05) is 55.1 Å². The summed E-state index contributed by atoms with van der Waals surface area (Å²) < 4.78 is 0. The zero-order valence-electron chi connectivity index (χ0n) is 8.88. The van der Waals surface area contributed by atoms with Crippen LogP contribution in [-0.2, 0) is 0 Å². The van der Waals surface area contributed by atoms with Crippen LogP contribution in [0, 0.1) is 12.3 Å². The van der Waals surface area contributed by atoms with Gasteiger partial charge in [0.25, 0.3) is 0 Å². The van der Waals surface area contributed by atoms with Crippen molar-refractivity contribution in [2.75, 3.05) is 0 Å². The predicted octanol–water partition coefficient (Wildman–Crippen LogP) is 3.74. The minimum absolute atomic E-state index is 0.625. The molecule has 0 aromatic heterocycles. The van der Waals surface area contributed by atoms with E-state index in [4.69, 9.17) is 5.41 Å². The Labute approximate surface area is 86.3 Å². The van der Waals surface area contributed by atoms with E-state index in [1.54, 1.807) is 19.1 Å². The quantitative estimate of drug-likeness (QED) is 0.538. The number of benzene rings is 1. The number of hydrogen-bond acceptors (Lipinski definition) is 1. The van der Waals surface area contributed by atoms with Crippen LogP contribution in [0.2, 0.25) is 0 Å². The maximum atomic E-state index is 7.31. The lowest BCUT2D eigenvalue weighted by atomic mass is 10.1. The molecule has 0 saturated carbocycles. The summed E-state index contributed by atoms with van der Waals surface area (Å²) in [5.41, 5.74) is 2.87. The minimum atomic E-state index is 0.625. The van der Waals surface area contributed by atoms with Gasteiger partial charge < -0.3 is 5.41 Å². The molecule has 1 N–H and O–H groups in total. The number of allylic oxidation sites excluding steroid dienone is 2. The summed E-state index contributed by atoms with van der Waals surface area (Å²) in [5, 5.41) is 7.31. The first-order chi connectivity index (χ1) is 6.61. The van der Waals surface area contributed by atoms with Crippen LogP contribution in [0.1, 0.15) is 18.1 Å². The fourth-order valence-electron chi connectivity index (χ4n) is 0.804. The molecule has 0 aliphatic rings. The summed E-state index contributed by atoms with van der Waals surface area (Å²) in [6, 6.07) is 7.98. The summed E-state index contributed by atoms with van der Waals surface area (Å²) in [6.45, 7) is 10.6. The largest absolute Gasteiger partial charge is 0.305 e. The first kappa shape index (κ1) is 12.4. The molecule has 0 aliphatic heterocycles. The van der Waals surface area contributed by atoms with Gasteiger partial charge in [-0.05, 0) is 19.4 Å². The third-order valence-corrected chi connectivity index (χ3v) is 1.65. The van der Waals surface area contributed by atoms with Gasteiger partial charge in [-0.2, -0.15) is 0 Å². The van der Waals surface area contributed by atoms with Crippen LogP contribution >= 0.6 is 0 Å². The molecule has 1 aromatic carbocycles. The molecule has 0 amide bonds. The van der Waals surface area contributed by atoms with Crippen molar-refractivity contribution in [1.29, 1.82) is 5.41 Å². The van der Waals surface area contributed by atoms with E-state index in [0.717, 1.165) is 5.56 Å². The first-order valence-electron chi connectivity index (χ1n) is 4.47. The molecule has 1 heteroatoms. The van der Waals surface area contributed by atoms with Crippen LogP contribution in [0.5, 0.6) is 0 Å². The normalized spacial score (nSPS) is 8.14. The zero-order chi connectivity index (χ0) is 11.0. The number of aryl methyl sites for hydroxylation is 1. The van der Waals surface area contributed by atoms with E-state index < -0.39 is 0 Å². The van der Waals surface area contributed by atoms with E-state index >= 15 is 0 Å². The lowest BCUT2D eigenvalue weighted by molar-refractivity contribution is 1.42. The van der Waals surface area contributed by atoms with E-state index in [9.17, 15) is 0 Å². The smallest absolute Gasteiger partial charge is 0.0355 e. The Bertz CT molecular complexity index is 301. The van der Waals surface area contributed by atoms with Crippen molar-refractivity contribution in [3.05, 3.63) is 60.7 Å². The van der Waals surface area contributed by atoms with E-state index in [2.05, 4.69) is 13.2 Å². The van der Waals surface area contributed by atoms with Crippen molar-refractivity contribution in [1.82, 2.24) is 0 Å². The molecular formula is C13H17N. The molecular weight excluding hydrogens is 170 g/mol. The van der Waals surface area contributed by atoms with Crippen molar-refractivity contribution in [3.63, 3.8) is 0 Å². The summed E-state index contributed by atoms with van der Waals surface area (Å²) in [5.74, 6) is 0. The molecule has 0 atom stereocenters. The molecule has 1 nitrogen and oxygen atoms in total. The van der Waals surface area contributed by atoms with E-state index in [0.29, 0.717) is 5.71 Å². The monoisotopic (exact) mass is 187 g/mol. The Hall–Kier alpha value is -1.63. The average Bonchev–Trinajstić information content (AvgIpc) is 2.19. The van der Waals surface area contributed by atoms with Gasteiger partial charge >= 0.3 is 0 Å². The molecule has 0 bridgehead atoms. The molecule has 0 aliphatic carbocycles. The second-order valence-electron chi connectivity index (χ2n) is 2.96. The van der Waals surface area contributed by atoms with E-state index in [1.807, 2.05) is 31.2 Å². The van der Waals surface area contributed by atoms with Gasteiger partial charge in [0.15, 0.2) is 0 Å². The Morgan fingerprint density at radius 2 is 1.57 bits per heavy atom. The summed E-state index contributed by atoms with van der Waals surface area (Å²) >= 11 is 0. The molecule has 0 heterocycles. The highest BCUT2D eigenvalue weighted by Crippen LogP contribution is 2.02. The average molecular weight is 187 g/mol. The van der Waals surface area contributed by atoms with Crippen LogP contribution in [0.3, 0.4) is 0 Å². The van der Waals surface area contributed by atoms with Crippen LogP contribution in [0.4, 0.5) is 0 Å². The second-order valence-corrected chi connectivity index (χ2v) is 2.96. The molecule has 0 spiro atoms. The van der Waals surface area contributed by atoms with Crippen LogP contribution in [0.15, 0.2) is 49.6 Å². The van der Waals surface area contributed by atoms with Crippen molar-refractivity contribution in [2.24, 2.45) is 0 Å². The summed E-state index contributed by atoms with van der Waals surface area (Å²) in [7, 11) is 0. The number of nitrogens with one attached hydrogen (secondary N) is 1. The first-order valence-corrected chi connectivity index (χ1v) is 4.47. The SMILES string of the molecule is C=CC=C.CC(=N)c1ccc(C)cc1. The van der Waals surface area contributed by atoms with Crippen molar-refractivity contribution < 1.29 is 0 Å². The number of rotatable bonds is 2. The molecule has 0 radical (unpaired) electrons. The lowest BCUT2D eigenvalue weighted by Gasteiger charge is -1.96. The van der Waals surface area contributed by atoms with Crippen molar-refractivity contribution in [2.45, 2.75) is 13.8 Å². The highest BCUT2D eigenvalue weighted by Gasteiger charge is 1.91. The fraction of sp³-hybridized carbons (Fsp3) is 0.154. The maximum absolute atomic E-state index is 7.31. The topological polar surface area (TPSA) is 23.9 Å². The highest BCUT2D eigenvalue weighted by atomic mass is 14.4. The van der Waals surface area contributed by atoms with Gasteiger partial charge in [-0.3, -0.25) is 0 Å². The van der Waals surface area contributed by atoms with Crippen LogP contribution in [0.25, 0.3) is 0 Å². The Kier molecular flexibility index (Phi) is 6.04. The van der Waals surface area contributed by atoms with Gasteiger partial charge in [0.05, 0.1) is 0 Å². The molecule has 14 heavy (non-hydrogen) atoms. The fourth-order valence-corrected chi connectivity index (χ4v) is 0.804. The standard InChI is InChI=1S/C9H11N.C4H6/c1-7-3-5-9(6-4-7)8(2)10;1-3-4-2/h3-6,10H,1-2H3;3-4H,1-2H2. The second kappa shape index (κ2) is 6.84. The third-order valence-electron chi connectivity index (χ3n) is 1.65. The minimum Gasteiger partial charge on any atom is -0.305 e.